The van der Waals surface area contributed by atoms with Crippen molar-refractivity contribution in [2.24, 2.45) is 5.41 Å². The predicted octanol–water partition coefficient (Wildman–Crippen LogP) is 1.82. The van der Waals surface area contributed by atoms with Crippen molar-refractivity contribution < 1.29 is 19.5 Å². The van der Waals surface area contributed by atoms with Crippen molar-refractivity contribution in [1.29, 1.82) is 0 Å². The number of aliphatic carboxylic acids is 1. The van der Waals surface area contributed by atoms with E-state index in [1.165, 1.54) is 5.06 Å². The Bertz CT molecular complexity index is 280. The number of carbonyl (C=O) groups is 2. The summed E-state index contributed by atoms with van der Waals surface area (Å²) in [5.41, 5.74) is -0.947. The molecule has 0 saturated carbocycles. The van der Waals surface area contributed by atoms with Gasteiger partial charge in [-0.15, -0.1) is 0 Å². The predicted molar refractivity (Wildman–Crippen MR) is 62.2 cm³/mol. The quantitative estimate of drug-likeness (QED) is 0.799. The molecule has 1 rings (SSSR count). The maximum Gasteiger partial charge on any atom is 0.310 e. The zero-order valence-corrected chi connectivity index (χ0v) is 10.6. The highest BCUT2D eigenvalue weighted by molar-refractivity contribution is 5.84. The topological polar surface area (TPSA) is 66.8 Å². The Kier molecular flexibility index (Phi) is 4.93. The number of amides is 1. The van der Waals surface area contributed by atoms with Gasteiger partial charge in [-0.3, -0.25) is 14.4 Å². The van der Waals surface area contributed by atoms with E-state index in [0.29, 0.717) is 26.0 Å². The van der Waals surface area contributed by atoms with Crippen molar-refractivity contribution in [3.05, 3.63) is 0 Å². The number of hydroxylamine groups is 2. The molecule has 1 fully saturated rings. The van der Waals surface area contributed by atoms with E-state index in [1.807, 2.05) is 13.8 Å². The van der Waals surface area contributed by atoms with Gasteiger partial charge in [0.1, 0.15) is 0 Å². The molecular formula is C12H21NO4. The highest BCUT2D eigenvalue weighted by atomic mass is 16.7. The molecule has 0 bridgehead atoms. The molecule has 0 unspecified atom stereocenters. The van der Waals surface area contributed by atoms with Crippen LogP contribution in [-0.4, -0.2) is 35.2 Å². The Hall–Kier alpha value is -1.10. The van der Waals surface area contributed by atoms with Gasteiger partial charge in [0.15, 0.2) is 0 Å². The van der Waals surface area contributed by atoms with Gasteiger partial charge in [0, 0.05) is 13.0 Å². The van der Waals surface area contributed by atoms with Crippen LogP contribution in [0.3, 0.4) is 0 Å². The van der Waals surface area contributed by atoms with Gasteiger partial charge in [0.05, 0.1) is 12.0 Å². The average Bonchev–Trinajstić information content (AvgIpc) is 2.36. The molecule has 1 saturated heterocycles. The zero-order chi connectivity index (χ0) is 12.9. The molecule has 98 valence electrons. The lowest BCUT2D eigenvalue weighted by Gasteiger charge is -2.31. The third-order valence-corrected chi connectivity index (χ3v) is 3.58. The Labute approximate surface area is 102 Å². The number of rotatable bonds is 5. The second-order valence-electron chi connectivity index (χ2n) is 4.51. The lowest BCUT2D eigenvalue weighted by molar-refractivity contribution is -0.200. The summed E-state index contributed by atoms with van der Waals surface area (Å²) in [5.74, 6) is -1.11. The van der Waals surface area contributed by atoms with E-state index < -0.39 is 11.4 Å². The van der Waals surface area contributed by atoms with E-state index in [-0.39, 0.29) is 12.3 Å². The van der Waals surface area contributed by atoms with Crippen LogP contribution in [0.4, 0.5) is 0 Å². The molecule has 0 aromatic carbocycles. The van der Waals surface area contributed by atoms with Gasteiger partial charge in [0.2, 0.25) is 5.91 Å². The van der Waals surface area contributed by atoms with Crippen LogP contribution in [-0.2, 0) is 14.4 Å². The Morgan fingerprint density at radius 3 is 2.35 bits per heavy atom. The van der Waals surface area contributed by atoms with E-state index in [0.717, 1.165) is 12.8 Å². The summed E-state index contributed by atoms with van der Waals surface area (Å²) in [5, 5.41) is 10.6. The molecule has 0 atom stereocenters. The summed E-state index contributed by atoms with van der Waals surface area (Å²) in [7, 11) is 0. The van der Waals surface area contributed by atoms with Crippen LogP contribution in [0.25, 0.3) is 0 Å². The first-order valence-corrected chi connectivity index (χ1v) is 6.22. The molecule has 1 N–H and O–H groups in total. The van der Waals surface area contributed by atoms with Crippen molar-refractivity contribution in [2.45, 2.75) is 46.0 Å². The Morgan fingerprint density at radius 2 is 1.94 bits per heavy atom. The molecule has 0 aromatic rings. The average molecular weight is 243 g/mol. The minimum atomic E-state index is -0.947. The number of carboxylic acids is 1. The van der Waals surface area contributed by atoms with Gasteiger partial charge < -0.3 is 5.11 Å². The Morgan fingerprint density at radius 1 is 1.29 bits per heavy atom. The highest BCUT2D eigenvalue weighted by Gasteiger charge is 2.38. The third-order valence-electron chi connectivity index (χ3n) is 3.58. The molecule has 1 aliphatic heterocycles. The lowest BCUT2D eigenvalue weighted by Crippen LogP contribution is -2.41. The number of hydrogen-bond acceptors (Lipinski definition) is 3. The fourth-order valence-corrected chi connectivity index (χ4v) is 2.05. The first-order valence-electron chi connectivity index (χ1n) is 6.22. The van der Waals surface area contributed by atoms with Gasteiger partial charge in [-0.2, -0.15) is 0 Å². The molecule has 1 aliphatic rings. The van der Waals surface area contributed by atoms with E-state index in [4.69, 9.17) is 4.84 Å². The summed E-state index contributed by atoms with van der Waals surface area (Å²) >= 11 is 0. The largest absolute Gasteiger partial charge is 0.481 e. The van der Waals surface area contributed by atoms with Gasteiger partial charge in [-0.05, 0) is 25.7 Å². The van der Waals surface area contributed by atoms with Crippen LogP contribution < -0.4 is 0 Å². The van der Waals surface area contributed by atoms with Gasteiger partial charge in [0.25, 0.3) is 0 Å². The third kappa shape index (κ3) is 3.19. The smallest absolute Gasteiger partial charge is 0.310 e. The number of nitrogens with zero attached hydrogens (tertiary/aromatic N) is 1. The van der Waals surface area contributed by atoms with E-state index in [2.05, 4.69) is 0 Å². The molecule has 0 aromatic heterocycles. The van der Waals surface area contributed by atoms with Crippen molar-refractivity contribution in [2.75, 3.05) is 13.2 Å². The summed E-state index contributed by atoms with van der Waals surface area (Å²) in [6.07, 6.45) is 2.81. The number of carbonyl (C=O) groups excluding carboxylic acids is 1. The SMILES string of the molecule is CCC(CC)(CC(=O)N1CCCCO1)C(=O)O. The van der Waals surface area contributed by atoms with Crippen LogP contribution in [0.2, 0.25) is 0 Å². The van der Waals surface area contributed by atoms with Crippen LogP contribution in [0.15, 0.2) is 0 Å². The molecule has 1 heterocycles. The Balaban J connectivity index is 2.66. The van der Waals surface area contributed by atoms with Gasteiger partial charge >= 0.3 is 5.97 Å². The van der Waals surface area contributed by atoms with E-state index >= 15 is 0 Å². The summed E-state index contributed by atoms with van der Waals surface area (Å²) < 4.78 is 0. The van der Waals surface area contributed by atoms with Crippen molar-refractivity contribution in [1.82, 2.24) is 5.06 Å². The maximum absolute atomic E-state index is 12.0. The zero-order valence-electron chi connectivity index (χ0n) is 10.6. The van der Waals surface area contributed by atoms with Crippen LogP contribution in [0.5, 0.6) is 0 Å². The first-order chi connectivity index (χ1) is 8.05. The molecule has 0 aliphatic carbocycles. The fourth-order valence-electron chi connectivity index (χ4n) is 2.05. The second-order valence-corrected chi connectivity index (χ2v) is 4.51. The number of hydrogen-bond donors (Lipinski definition) is 1. The van der Waals surface area contributed by atoms with Gasteiger partial charge in [-0.1, -0.05) is 13.8 Å². The van der Waals surface area contributed by atoms with E-state index in [1.54, 1.807) is 0 Å². The summed E-state index contributed by atoms with van der Waals surface area (Å²) in [4.78, 5) is 28.5. The number of carboxylic acid groups (broad SMARTS) is 1. The molecular weight excluding hydrogens is 222 g/mol. The molecule has 5 nitrogen and oxygen atoms in total. The van der Waals surface area contributed by atoms with Crippen molar-refractivity contribution in [3.63, 3.8) is 0 Å². The summed E-state index contributed by atoms with van der Waals surface area (Å²) in [6, 6.07) is 0. The highest BCUT2D eigenvalue weighted by Crippen LogP contribution is 2.32. The molecule has 0 spiro atoms. The van der Waals surface area contributed by atoms with Crippen LogP contribution in [0, 0.1) is 5.41 Å². The molecule has 17 heavy (non-hydrogen) atoms. The van der Waals surface area contributed by atoms with Crippen LogP contribution >= 0.6 is 0 Å². The van der Waals surface area contributed by atoms with Crippen LogP contribution in [0.1, 0.15) is 46.0 Å². The fraction of sp³-hybridized carbons (Fsp3) is 0.833. The monoisotopic (exact) mass is 243 g/mol. The standard InChI is InChI=1S/C12H21NO4/c1-3-12(4-2,11(15)16)9-10(14)13-7-5-6-8-17-13/h3-9H2,1-2H3,(H,15,16). The lowest BCUT2D eigenvalue weighted by atomic mass is 9.79. The second kappa shape index (κ2) is 6.00. The van der Waals surface area contributed by atoms with Crippen molar-refractivity contribution in [3.8, 4) is 0 Å². The molecule has 1 amide bonds. The van der Waals surface area contributed by atoms with Gasteiger partial charge in [-0.25, -0.2) is 5.06 Å². The minimum absolute atomic E-state index is 0.0231. The first kappa shape index (κ1) is 14.0. The normalized spacial score (nSPS) is 16.9. The molecule has 5 heteroatoms. The van der Waals surface area contributed by atoms with Crippen molar-refractivity contribution >= 4 is 11.9 Å². The maximum atomic E-state index is 12.0. The summed E-state index contributed by atoms with van der Waals surface area (Å²) in [6.45, 7) is 4.73. The minimum Gasteiger partial charge on any atom is -0.481 e. The molecule has 0 radical (unpaired) electrons. The van der Waals surface area contributed by atoms with E-state index in [9.17, 15) is 14.7 Å².